The van der Waals surface area contributed by atoms with Crippen LogP contribution in [0.4, 0.5) is 0 Å². The van der Waals surface area contributed by atoms with Gasteiger partial charge in [0.2, 0.25) is 0 Å². The second-order valence-corrected chi connectivity index (χ2v) is 5.74. The summed E-state index contributed by atoms with van der Waals surface area (Å²) in [6.07, 6.45) is 3.42. The molecule has 0 aliphatic carbocycles. The topological polar surface area (TPSA) is 57.1 Å². The first-order valence-corrected chi connectivity index (χ1v) is 8.26. The molecule has 4 aromatic rings. The van der Waals surface area contributed by atoms with Crippen LogP contribution in [0.5, 0.6) is 11.5 Å². The minimum absolute atomic E-state index is 0.435. The van der Waals surface area contributed by atoms with E-state index in [1.165, 1.54) is 0 Å². The highest BCUT2D eigenvalue weighted by Gasteiger charge is 2.08. The fourth-order valence-electron chi connectivity index (χ4n) is 2.72. The van der Waals surface area contributed by atoms with Gasteiger partial charge in [0.25, 0.3) is 0 Å². The lowest BCUT2D eigenvalue weighted by atomic mass is 10.2. The van der Waals surface area contributed by atoms with Crippen LogP contribution >= 0.6 is 0 Å². The van der Waals surface area contributed by atoms with E-state index in [9.17, 15) is 0 Å². The molecule has 0 atom stereocenters. The van der Waals surface area contributed by atoms with E-state index in [1.807, 2.05) is 54.6 Å². The summed E-state index contributed by atoms with van der Waals surface area (Å²) < 4.78 is 11.3. The number of hydrogen-bond acceptors (Lipinski definition) is 5. The molecule has 0 bridgehead atoms. The van der Waals surface area contributed by atoms with Crippen LogP contribution in [-0.2, 0) is 6.61 Å². The average molecular weight is 343 g/mol. The highest BCUT2D eigenvalue weighted by atomic mass is 16.5. The van der Waals surface area contributed by atoms with Gasteiger partial charge < -0.3 is 9.47 Å². The van der Waals surface area contributed by atoms with Crippen molar-refractivity contribution in [2.75, 3.05) is 7.11 Å². The molecule has 0 spiro atoms. The van der Waals surface area contributed by atoms with Crippen LogP contribution in [0.25, 0.3) is 22.4 Å². The molecular weight excluding hydrogens is 326 g/mol. The van der Waals surface area contributed by atoms with Gasteiger partial charge in [0.1, 0.15) is 29.3 Å². The number of ether oxygens (including phenoxy) is 2. The first kappa shape index (κ1) is 16.0. The normalized spacial score (nSPS) is 10.7. The maximum absolute atomic E-state index is 6.04. The standard InChI is InChI=1S/C21H17N3O2/c1-25-17-7-2-5-15(13-17)14-26-19-8-3-6-16-9-10-18(24-20(16)19)21-22-11-4-12-23-21/h2-13H,14H2,1H3. The van der Waals surface area contributed by atoms with Gasteiger partial charge in [-0.25, -0.2) is 15.0 Å². The number of para-hydroxylation sites is 1. The van der Waals surface area contributed by atoms with Crippen LogP contribution in [-0.4, -0.2) is 22.1 Å². The summed E-state index contributed by atoms with van der Waals surface area (Å²) >= 11 is 0. The van der Waals surface area contributed by atoms with E-state index < -0.39 is 0 Å². The van der Waals surface area contributed by atoms with E-state index >= 15 is 0 Å². The Bertz CT molecular complexity index is 1040. The Kier molecular flexibility index (Phi) is 4.43. The van der Waals surface area contributed by atoms with E-state index in [0.717, 1.165) is 33.7 Å². The van der Waals surface area contributed by atoms with Gasteiger partial charge in [-0.05, 0) is 35.9 Å². The lowest BCUT2D eigenvalue weighted by Crippen LogP contribution is -1.98. The Morgan fingerprint density at radius 1 is 0.885 bits per heavy atom. The predicted molar refractivity (Wildman–Crippen MR) is 100 cm³/mol. The van der Waals surface area contributed by atoms with Gasteiger partial charge >= 0.3 is 0 Å². The van der Waals surface area contributed by atoms with Crippen molar-refractivity contribution in [2.45, 2.75) is 6.61 Å². The molecule has 26 heavy (non-hydrogen) atoms. The van der Waals surface area contributed by atoms with Gasteiger partial charge in [-0.3, -0.25) is 0 Å². The minimum atomic E-state index is 0.435. The fourth-order valence-corrected chi connectivity index (χ4v) is 2.72. The Hall–Kier alpha value is -3.47. The Balaban J connectivity index is 1.66. The lowest BCUT2D eigenvalue weighted by molar-refractivity contribution is 0.308. The van der Waals surface area contributed by atoms with E-state index in [-0.39, 0.29) is 0 Å². The molecule has 5 nitrogen and oxygen atoms in total. The second kappa shape index (κ2) is 7.19. The number of nitrogens with zero attached hydrogens (tertiary/aromatic N) is 3. The van der Waals surface area contributed by atoms with Crippen molar-refractivity contribution in [3.05, 3.63) is 78.6 Å². The number of hydrogen-bond donors (Lipinski definition) is 0. The highest BCUT2D eigenvalue weighted by Crippen LogP contribution is 2.27. The number of fused-ring (bicyclic) bond motifs is 1. The summed E-state index contributed by atoms with van der Waals surface area (Å²) in [6.45, 7) is 0.435. The van der Waals surface area contributed by atoms with Gasteiger partial charge in [-0.2, -0.15) is 0 Å². The molecule has 0 fully saturated rings. The van der Waals surface area contributed by atoms with Crippen LogP contribution < -0.4 is 9.47 Å². The highest BCUT2D eigenvalue weighted by molar-refractivity contribution is 5.86. The van der Waals surface area contributed by atoms with E-state index in [2.05, 4.69) is 9.97 Å². The summed E-state index contributed by atoms with van der Waals surface area (Å²) in [5.74, 6) is 2.13. The van der Waals surface area contributed by atoms with Crippen LogP contribution in [0.2, 0.25) is 0 Å². The zero-order valence-electron chi connectivity index (χ0n) is 14.3. The number of pyridine rings is 1. The minimum Gasteiger partial charge on any atom is -0.497 e. The third-order valence-electron chi connectivity index (χ3n) is 4.01. The van der Waals surface area contributed by atoms with Crippen molar-refractivity contribution in [1.29, 1.82) is 0 Å². The van der Waals surface area contributed by atoms with Gasteiger partial charge in [-0.1, -0.05) is 30.3 Å². The molecule has 4 rings (SSSR count). The van der Waals surface area contributed by atoms with Crippen molar-refractivity contribution in [2.24, 2.45) is 0 Å². The third kappa shape index (κ3) is 3.32. The Labute approximate surface area is 151 Å². The van der Waals surface area contributed by atoms with Gasteiger partial charge in [-0.15, -0.1) is 0 Å². The van der Waals surface area contributed by atoms with Crippen molar-refractivity contribution in [3.63, 3.8) is 0 Å². The molecule has 2 heterocycles. The molecule has 0 unspecified atom stereocenters. The fraction of sp³-hybridized carbons (Fsp3) is 0.0952. The molecule has 0 saturated carbocycles. The van der Waals surface area contributed by atoms with Crippen molar-refractivity contribution in [3.8, 4) is 23.0 Å². The largest absolute Gasteiger partial charge is 0.497 e. The summed E-state index contributed by atoms with van der Waals surface area (Å²) in [5.41, 5.74) is 2.54. The van der Waals surface area contributed by atoms with E-state index in [1.54, 1.807) is 25.6 Å². The van der Waals surface area contributed by atoms with Gasteiger partial charge in [0.15, 0.2) is 5.82 Å². The van der Waals surface area contributed by atoms with Crippen molar-refractivity contribution in [1.82, 2.24) is 15.0 Å². The number of methoxy groups -OCH3 is 1. The van der Waals surface area contributed by atoms with Crippen molar-refractivity contribution < 1.29 is 9.47 Å². The zero-order chi connectivity index (χ0) is 17.8. The molecule has 0 amide bonds. The first-order valence-electron chi connectivity index (χ1n) is 8.26. The molecule has 0 aliphatic rings. The molecule has 0 aliphatic heterocycles. The lowest BCUT2D eigenvalue weighted by Gasteiger charge is -2.10. The Morgan fingerprint density at radius 3 is 2.58 bits per heavy atom. The second-order valence-electron chi connectivity index (χ2n) is 5.74. The quantitative estimate of drug-likeness (QED) is 0.541. The van der Waals surface area contributed by atoms with Gasteiger partial charge in [0.05, 0.1) is 7.11 Å². The molecule has 0 N–H and O–H groups in total. The molecule has 128 valence electrons. The zero-order valence-corrected chi connectivity index (χ0v) is 14.3. The number of aromatic nitrogens is 3. The van der Waals surface area contributed by atoms with Gasteiger partial charge in [0, 0.05) is 17.8 Å². The predicted octanol–water partition coefficient (Wildman–Crippen LogP) is 4.28. The molecule has 0 radical (unpaired) electrons. The van der Waals surface area contributed by atoms with Crippen LogP contribution in [0.3, 0.4) is 0 Å². The summed E-state index contributed by atoms with van der Waals surface area (Å²) in [6, 6.07) is 19.4. The third-order valence-corrected chi connectivity index (χ3v) is 4.01. The van der Waals surface area contributed by atoms with Crippen molar-refractivity contribution >= 4 is 10.9 Å². The Morgan fingerprint density at radius 2 is 1.73 bits per heavy atom. The van der Waals surface area contributed by atoms with Crippen LogP contribution in [0.15, 0.2) is 73.1 Å². The summed E-state index contributed by atoms with van der Waals surface area (Å²) in [7, 11) is 1.65. The van der Waals surface area contributed by atoms with E-state index in [4.69, 9.17) is 14.5 Å². The average Bonchev–Trinajstić information content (AvgIpc) is 2.72. The SMILES string of the molecule is COc1cccc(COc2cccc3ccc(-c4ncccn4)nc23)c1. The molecule has 5 heteroatoms. The smallest absolute Gasteiger partial charge is 0.178 e. The van der Waals surface area contributed by atoms with Crippen LogP contribution in [0.1, 0.15) is 5.56 Å². The maximum Gasteiger partial charge on any atom is 0.178 e. The summed E-state index contributed by atoms with van der Waals surface area (Å²) in [5, 5.41) is 1.01. The molecule has 0 saturated heterocycles. The molecule has 2 aromatic heterocycles. The molecule has 2 aromatic carbocycles. The number of benzene rings is 2. The first-order chi connectivity index (χ1) is 12.8. The van der Waals surface area contributed by atoms with Crippen LogP contribution in [0, 0.1) is 0 Å². The number of rotatable bonds is 5. The maximum atomic E-state index is 6.04. The van der Waals surface area contributed by atoms with E-state index in [0.29, 0.717) is 12.4 Å². The molecular formula is C21H17N3O2. The monoisotopic (exact) mass is 343 g/mol. The summed E-state index contributed by atoms with van der Waals surface area (Å²) in [4.78, 5) is 13.3.